The molecule has 0 aliphatic rings. The van der Waals surface area contributed by atoms with Crippen molar-refractivity contribution >= 4 is 23.2 Å². The molecule has 0 fully saturated rings. The molecule has 1 nitrogen and oxygen atoms in total. The third-order valence-corrected chi connectivity index (χ3v) is 6.18. The molecule has 166 valence electrons. The molecule has 0 unspecified atom stereocenters. The van der Waals surface area contributed by atoms with Crippen molar-refractivity contribution in [3.8, 4) is 0 Å². The van der Waals surface area contributed by atoms with Gasteiger partial charge in [-0.3, -0.25) is 0 Å². The standard InChI is InChI=1S/C25H48Cl2N/c1-3-4-5-6-7-8-9-10-11-12-13-14-15-16-17-18-23-28(2,24-19-21-26)25-20-22-27/h19-22H,3-18,23-25H2,1-2H3/q+1/b21-19+,22-20+. The number of likely N-dealkylation sites (N-methyl/N-ethyl adjacent to an activating group) is 1. The average molecular weight is 434 g/mol. The first-order valence-corrected chi connectivity index (χ1v) is 12.9. The Hall–Kier alpha value is 0.0200. The quantitative estimate of drug-likeness (QED) is 0.125. The molecule has 0 rings (SSSR count). The van der Waals surface area contributed by atoms with Gasteiger partial charge in [0, 0.05) is 11.1 Å². The highest BCUT2D eigenvalue weighted by Crippen LogP contribution is 2.14. The summed E-state index contributed by atoms with van der Waals surface area (Å²) in [6.07, 6.45) is 26.8. The van der Waals surface area contributed by atoms with E-state index in [1.807, 2.05) is 0 Å². The molecule has 0 aliphatic carbocycles. The van der Waals surface area contributed by atoms with Crippen molar-refractivity contribution in [1.82, 2.24) is 0 Å². The molecule has 0 heterocycles. The van der Waals surface area contributed by atoms with Crippen LogP contribution in [0.5, 0.6) is 0 Å². The molecule has 0 bridgehead atoms. The van der Waals surface area contributed by atoms with E-state index in [4.69, 9.17) is 23.2 Å². The fourth-order valence-corrected chi connectivity index (χ4v) is 4.05. The number of hydrogen-bond acceptors (Lipinski definition) is 0. The van der Waals surface area contributed by atoms with E-state index >= 15 is 0 Å². The topological polar surface area (TPSA) is 0 Å². The summed E-state index contributed by atoms with van der Waals surface area (Å²) in [5.41, 5.74) is 3.27. The fraction of sp³-hybridized carbons (Fsp3) is 0.840. The molecule has 0 spiro atoms. The van der Waals surface area contributed by atoms with Crippen LogP contribution in [0.4, 0.5) is 0 Å². The van der Waals surface area contributed by atoms with E-state index in [9.17, 15) is 0 Å². The zero-order chi connectivity index (χ0) is 20.8. The van der Waals surface area contributed by atoms with Gasteiger partial charge in [0.15, 0.2) is 0 Å². The van der Waals surface area contributed by atoms with Crippen LogP contribution in [-0.4, -0.2) is 31.2 Å². The molecular weight excluding hydrogens is 385 g/mol. The summed E-state index contributed by atoms with van der Waals surface area (Å²) in [5.74, 6) is 0. The summed E-state index contributed by atoms with van der Waals surface area (Å²) in [5, 5.41) is 0. The second-order valence-corrected chi connectivity index (χ2v) is 9.24. The lowest BCUT2D eigenvalue weighted by atomic mass is 10.0. The maximum Gasteiger partial charge on any atom is 0.0985 e. The summed E-state index contributed by atoms with van der Waals surface area (Å²) < 4.78 is 0.991. The number of halogens is 2. The van der Waals surface area contributed by atoms with Crippen molar-refractivity contribution in [2.75, 3.05) is 26.7 Å². The molecule has 0 aromatic carbocycles. The van der Waals surface area contributed by atoms with Crippen molar-refractivity contribution in [2.24, 2.45) is 0 Å². The van der Waals surface area contributed by atoms with Crippen molar-refractivity contribution in [3.63, 3.8) is 0 Å². The maximum atomic E-state index is 5.71. The van der Waals surface area contributed by atoms with Crippen LogP contribution in [0.15, 0.2) is 23.2 Å². The number of nitrogens with zero attached hydrogens (tertiary/aromatic N) is 1. The summed E-state index contributed by atoms with van der Waals surface area (Å²) in [4.78, 5) is 0. The molecular formula is C25H48Cl2N+. The normalized spacial score (nSPS) is 12.6. The first-order valence-electron chi connectivity index (χ1n) is 12.0. The Labute approximate surface area is 187 Å². The van der Waals surface area contributed by atoms with Crippen molar-refractivity contribution < 1.29 is 4.48 Å². The molecule has 0 aliphatic heterocycles. The van der Waals surface area contributed by atoms with Crippen LogP contribution in [0.3, 0.4) is 0 Å². The molecule has 3 heteroatoms. The van der Waals surface area contributed by atoms with Crippen molar-refractivity contribution in [1.29, 1.82) is 0 Å². The average Bonchev–Trinajstić information content (AvgIpc) is 2.70. The molecule has 0 radical (unpaired) electrons. The number of unbranched alkanes of at least 4 members (excludes halogenated alkanes) is 15. The van der Waals surface area contributed by atoms with Crippen LogP contribution in [0.25, 0.3) is 0 Å². The van der Waals surface area contributed by atoms with E-state index in [2.05, 4.69) is 26.1 Å². The molecule has 0 aromatic heterocycles. The Morgan fingerprint density at radius 2 is 0.857 bits per heavy atom. The van der Waals surface area contributed by atoms with Gasteiger partial charge in [-0.2, -0.15) is 0 Å². The fourth-order valence-electron chi connectivity index (χ4n) is 3.89. The van der Waals surface area contributed by atoms with Crippen molar-refractivity contribution in [2.45, 2.75) is 110 Å². The predicted octanol–water partition coefficient (Wildman–Crippen LogP) is 9.20. The van der Waals surface area contributed by atoms with Gasteiger partial charge in [-0.15, -0.1) is 0 Å². The van der Waals surface area contributed by atoms with Gasteiger partial charge in [-0.05, 0) is 25.0 Å². The lowest BCUT2D eigenvalue weighted by molar-refractivity contribution is -0.898. The number of quaternary nitrogens is 1. The van der Waals surface area contributed by atoms with E-state index in [0.717, 1.165) is 17.6 Å². The zero-order valence-electron chi connectivity index (χ0n) is 18.9. The third kappa shape index (κ3) is 19.3. The van der Waals surface area contributed by atoms with Gasteiger partial charge in [-0.1, -0.05) is 120 Å². The molecule has 28 heavy (non-hydrogen) atoms. The SMILES string of the molecule is CCCCCCCCCCCCCCCCCC[N+](C)(C/C=C/Cl)C/C=C/Cl. The maximum absolute atomic E-state index is 5.71. The summed E-state index contributed by atoms with van der Waals surface area (Å²) in [6.45, 7) is 5.44. The van der Waals surface area contributed by atoms with Gasteiger partial charge in [0.1, 0.15) is 0 Å². The largest absolute Gasteiger partial charge is 0.319 e. The van der Waals surface area contributed by atoms with Crippen LogP contribution in [0.1, 0.15) is 110 Å². The van der Waals surface area contributed by atoms with Crippen LogP contribution >= 0.6 is 23.2 Å². The Morgan fingerprint density at radius 3 is 1.18 bits per heavy atom. The van der Waals surface area contributed by atoms with Gasteiger partial charge in [0.05, 0.1) is 26.7 Å². The summed E-state index contributed by atoms with van der Waals surface area (Å²) in [6, 6.07) is 0. The summed E-state index contributed by atoms with van der Waals surface area (Å²) in [7, 11) is 2.29. The Morgan fingerprint density at radius 1 is 0.536 bits per heavy atom. The second-order valence-electron chi connectivity index (χ2n) is 8.73. The van der Waals surface area contributed by atoms with Crippen molar-refractivity contribution in [3.05, 3.63) is 23.2 Å². The van der Waals surface area contributed by atoms with Crippen LogP contribution in [0.2, 0.25) is 0 Å². The first kappa shape index (κ1) is 28.0. The second kappa shape index (κ2) is 21.7. The lowest BCUT2D eigenvalue weighted by Gasteiger charge is -2.32. The Balaban J connectivity index is 3.44. The zero-order valence-corrected chi connectivity index (χ0v) is 20.5. The third-order valence-electron chi connectivity index (χ3n) is 5.82. The Kier molecular flexibility index (Phi) is 21.7. The molecule has 0 saturated heterocycles. The van der Waals surface area contributed by atoms with E-state index in [1.54, 1.807) is 11.1 Å². The molecule has 0 N–H and O–H groups in total. The molecule has 0 saturated carbocycles. The lowest BCUT2D eigenvalue weighted by Crippen LogP contribution is -2.45. The minimum Gasteiger partial charge on any atom is -0.319 e. The van der Waals surface area contributed by atoms with Crippen LogP contribution < -0.4 is 0 Å². The van der Waals surface area contributed by atoms with Gasteiger partial charge < -0.3 is 4.48 Å². The monoisotopic (exact) mass is 432 g/mol. The van der Waals surface area contributed by atoms with Crippen LogP contribution in [0, 0.1) is 0 Å². The number of hydrogen-bond donors (Lipinski definition) is 0. The first-order chi connectivity index (χ1) is 13.7. The van der Waals surface area contributed by atoms with Gasteiger partial charge in [-0.25, -0.2) is 0 Å². The van der Waals surface area contributed by atoms with Gasteiger partial charge >= 0.3 is 0 Å². The van der Waals surface area contributed by atoms with E-state index in [-0.39, 0.29) is 0 Å². The van der Waals surface area contributed by atoms with E-state index < -0.39 is 0 Å². The van der Waals surface area contributed by atoms with E-state index in [1.165, 1.54) is 109 Å². The predicted molar refractivity (Wildman–Crippen MR) is 130 cm³/mol. The Bertz CT molecular complexity index is 352. The summed E-state index contributed by atoms with van der Waals surface area (Å²) >= 11 is 11.4. The number of rotatable bonds is 21. The highest BCUT2D eigenvalue weighted by atomic mass is 35.5. The molecule has 0 amide bonds. The highest BCUT2D eigenvalue weighted by molar-refractivity contribution is 6.25. The minimum absolute atomic E-state index is 0.976. The smallest absolute Gasteiger partial charge is 0.0985 e. The van der Waals surface area contributed by atoms with E-state index in [0.29, 0.717) is 0 Å². The van der Waals surface area contributed by atoms with Gasteiger partial charge in [0.25, 0.3) is 0 Å². The van der Waals surface area contributed by atoms with Gasteiger partial charge in [0.2, 0.25) is 0 Å². The minimum atomic E-state index is 0.976. The molecule has 0 atom stereocenters. The van der Waals surface area contributed by atoms with Crippen LogP contribution in [-0.2, 0) is 0 Å². The molecule has 0 aromatic rings. The highest BCUT2D eigenvalue weighted by Gasteiger charge is 2.17.